The highest BCUT2D eigenvalue weighted by Gasteiger charge is 2.13. The fourth-order valence-electron chi connectivity index (χ4n) is 2.74. The van der Waals surface area contributed by atoms with Gasteiger partial charge in [0.1, 0.15) is 0 Å². The van der Waals surface area contributed by atoms with E-state index in [1.54, 1.807) is 18.2 Å². The number of hydrogen-bond donors (Lipinski definition) is 2. The number of carbonyl (C=O) groups is 2. The second-order valence-electron chi connectivity index (χ2n) is 6.22. The Labute approximate surface area is 151 Å². The molecule has 0 atom stereocenters. The lowest BCUT2D eigenvalue weighted by molar-refractivity contribution is -0.111. The first-order chi connectivity index (χ1) is 12.4. The molecule has 0 aliphatic rings. The van der Waals surface area contributed by atoms with Crippen LogP contribution in [0, 0.1) is 13.8 Å². The third-order valence-corrected chi connectivity index (χ3v) is 4.33. The van der Waals surface area contributed by atoms with Crippen LogP contribution in [0.2, 0.25) is 0 Å². The highest BCUT2D eigenvalue weighted by Crippen LogP contribution is 2.24. The predicted molar refractivity (Wildman–Crippen MR) is 104 cm³/mol. The minimum atomic E-state index is -1.08. The molecule has 2 N–H and O–H groups in total. The molecule has 0 fully saturated rings. The van der Waals surface area contributed by atoms with Gasteiger partial charge in [-0.3, -0.25) is 4.79 Å². The van der Waals surface area contributed by atoms with Crippen molar-refractivity contribution in [2.24, 2.45) is 0 Å². The molecule has 1 amide bonds. The van der Waals surface area contributed by atoms with Gasteiger partial charge in [0.2, 0.25) is 5.91 Å². The topological polar surface area (TPSA) is 66.4 Å². The summed E-state index contributed by atoms with van der Waals surface area (Å²) in [5.41, 5.74) is 3.60. The van der Waals surface area contributed by atoms with E-state index >= 15 is 0 Å². The van der Waals surface area contributed by atoms with Crippen molar-refractivity contribution in [3.8, 4) is 0 Å². The summed E-state index contributed by atoms with van der Waals surface area (Å²) in [6, 6.07) is 16.6. The summed E-state index contributed by atoms with van der Waals surface area (Å²) in [5, 5.41) is 13.8. The molecule has 0 saturated heterocycles. The van der Waals surface area contributed by atoms with Crippen molar-refractivity contribution in [2.75, 3.05) is 5.32 Å². The summed E-state index contributed by atoms with van der Waals surface area (Å²) in [5.74, 6) is -1.45. The molecule has 0 bridgehead atoms. The number of carbonyl (C=O) groups excluding carboxylic acids is 1. The molecule has 3 aromatic carbocycles. The van der Waals surface area contributed by atoms with Crippen molar-refractivity contribution < 1.29 is 14.7 Å². The molecule has 130 valence electrons. The summed E-state index contributed by atoms with van der Waals surface area (Å²) in [6.07, 6.45) is 3.12. The number of benzene rings is 3. The third-order valence-electron chi connectivity index (χ3n) is 4.33. The Bertz CT molecular complexity index is 1030. The lowest BCUT2D eigenvalue weighted by Gasteiger charge is -2.09. The lowest BCUT2D eigenvalue weighted by Crippen LogP contribution is -2.12. The Kier molecular flexibility index (Phi) is 4.85. The largest absolute Gasteiger partial charge is 0.478 e. The maximum Gasteiger partial charge on any atom is 0.337 e. The Hall–Kier alpha value is -3.40. The first-order valence-electron chi connectivity index (χ1n) is 8.26. The molecule has 0 aliphatic heterocycles. The molecule has 0 aromatic heterocycles. The van der Waals surface area contributed by atoms with Crippen molar-refractivity contribution in [3.05, 3.63) is 82.9 Å². The number of amides is 1. The van der Waals surface area contributed by atoms with Crippen LogP contribution in [0.4, 0.5) is 5.69 Å². The second kappa shape index (κ2) is 7.23. The van der Waals surface area contributed by atoms with Gasteiger partial charge in [0.25, 0.3) is 0 Å². The lowest BCUT2D eigenvalue weighted by atomic mass is 10.0. The number of nitrogens with one attached hydrogen (secondary N) is 1. The van der Waals surface area contributed by atoms with Crippen LogP contribution in [-0.2, 0) is 4.79 Å². The average Bonchev–Trinajstić information content (AvgIpc) is 2.62. The molecule has 0 aliphatic carbocycles. The van der Waals surface area contributed by atoms with Gasteiger partial charge in [-0.1, -0.05) is 42.5 Å². The first-order valence-corrected chi connectivity index (χ1v) is 8.26. The molecule has 4 nitrogen and oxygen atoms in total. The van der Waals surface area contributed by atoms with E-state index in [-0.39, 0.29) is 17.2 Å². The first kappa shape index (κ1) is 17.4. The number of aryl methyl sites for hydroxylation is 2. The molecular weight excluding hydrogens is 326 g/mol. The zero-order valence-electron chi connectivity index (χ0n) is 14.6. The summed E-state index contributed by atoms with van der Waals surface area (Å²) in [6.45, 7) is 4.05. The number of hydrogen-bond acceptors (Lipinski definition) is 2. The standard InChI is InChI=1S/C22H19NO3/c1-14-7-8-16(11-15(14)2)9-10-21(24)23-20-13-18-6-4-3-5-17(18)12-19(20)22(25)26/h3-13H,1-2H3,(H,23,24)(H,25,26)/b10-9+. The molecule has 3 aromatic rings. The molecule has 26 heavy (non-hydrogen) atoms. The van der Waals surface area contributed by atoms with Gasteiger partial charge in [0.05, 0.1) is 11.3 Å². The zero-order valence-corrected chi connectivity index (χ0v) is 14.6. The van der Waals surface area contributed by atoms with Gasteiger partial charge in [-0.25, -0.2) is 4.79 Å². The average molecular weight is 345 g/mol. The van der Waals surface area contributed by atoms with E-state index in [9.17, 15) is 14.7 Å². The Morgan fingerprint density at radius 2 is 1.62 bits per heavy atom. The van der Waals surface area contributed by atoms with E-state index in [0.717, 1.165) is 21.9 Å². The summed E-state index contributed by atoms with van der Waals surface area (Å²) >= 11 is 0. The molecule has 4 heteroatoms. The van der Waals surface area contributed by atoms with E-state index in [4.69, 9.17) is 0 Å². The van der Waals surface area contributed by atoms with Crippen molar-refractivity contribution in [1.82, 2.24) is 0 Å². The highest BCUT2D eigenvalue weighted by molar-refractivity contribution is 6.08. The van der Waals surface area contributed by atoms with Crippen molar-refractivity contribution in [3.63, 3.8) is 0 Å². The summed E-state index contributed by atoms with van der Waals surface area (Å²) in [4.78, 5) is 23.8. The normalized spacial score (nSPS) is 11.0. The fourth-order valence-corrected chi connectivity index (χ4v) is 2.74. The minimum Gasteiger partial charge on any atom is -0.478 e. The second-order valence-corrected chi connectivity index (χ2v) is 6.22. The van der Waals surface area contributed by atoms with Gasteiger partial charge in [0.15, 0.2) is 0 Å². The van der Waals surface area contributed by atoms with Crippen LogP contribution < -0.4 is 5.32 Å². The fraction of sp³-hybridized carbons (Fsp3) is 0.0909. The van der Waals surface area contributed by atoms with Gasteiger partial charge >= 0.3 is 5.97 Å². The van der Waals surface area contributed by atoms with E-state index in [2.05, 4.69) is 5.32 Å². The monoisotopic (exact) mass is 345 g/mol. The molecule has 0 radical (unpaired) electrons. The van der Waals surface area contributed by atoms with Gasteiger partial charge in [-0.05, 0) is 59.5 Å². The highest BCUT2D eigenvalue weighted by atomic mass is 16.4. The van der Waals surface area contributed by atoms with Crippen LogP contribution >= 0.6 is 0 Å². The van der Waals surface area contributed by atoms with Crippen LogP contribution in [0.5, 0.6) is 0 Å². The number of aromatic carboxylic acids is 1. The van der Waals surface area contributed by atoms with Gasteiger partial charge in [-0.2, -0.15) is 0 Å². The van der Waals surface area contributed by atoms with E-state index in [1.807, 2.05) is 56.3 Å². The van der Waals surface area contributed by atoms with E-state index < -0.39 is 5.97 Å². The number of anilines is 1. The quantitative estimate of drug-likeness (QED) is 0.667. The Balaban J connectivity index is 1.86. The van der Waals surface area contributed by atoms with E-state index in [0.29, 0.717) is 0 Å². The Morgan fingerprint density at radius 3 is 2.27 bits per heavy atom. The zero-order chi connectivity index (χ0) is 18.7. The van der Waals surface area contributed by atoms with Crippen LogP contribution in [-0.4, -0.2) is 17.0 Å². The molecule has 3 rings (SSSR count). The van der Waals surface area contributed by atoms with Gasteiger partial charge < -0.3 is 10.4 Å². The predicted octanol–water partition coefficient (Wildman–Crippen LogP) is 4.81. The molecule has 0 saturated carbocycles. The minimum absolute atomic E-state index is 0.0663. The van der Waals surface area contributed by atoms with Crippen molar-refractivity contribution in [2.45, 2.75) is 13.8 Å². The SMILES string of the molecule is Cc1ccc(/C=C/C(=O)Nc2cc3ccccc3cc2C(=O)O)cc1C. The maximum atomic E-state index is 12.3. The number of carboxylic acids is 1. The van der Waals surface area contributed by atoms with Crippen LogP contribution in [0.1, 0.15) is 27.0 Å². The molecule has 0 spiro atoms. The van der Waals surface area contributed by atoms with Crippen LogP contribution in [0.25, 0.3) is 16.8 Å². The number of carboxylic acid groups (broad SMARTS) is 1. The van der Waals surface area contributed by atoms with Gasteiger partial charge in [-0.15, -0.1) is 0 Å². The third kappa shape index (κ3) is 3.81. The van der Waals surface area contributed by atoms with Crippen molar-refractivity contribution in [1.29, 1.82) is 0 Å². The maximum absolute atomic E-state index is 12.3. The molecule has 0 unspecified atom stereocenters. The van der Waals surface area contributed by atoms with Crippen LogP contribution in [0.15, 0.2) is 60.7 Å². The molecule has 0 heterocycles. The van der Waals surface area contributed by atoms with E-state index in [1.165, 1.54) is 11.6 Å². The smallest absolute Gasteiger partial charge is 0.337 e. The number of rotatable bonds is 4. The number of fused-ring (bicyclic) bond motifs is 1. The van der Waals surface area contributed by atoms with Crippen molar-refractivity contribution >= 4 is 34.4 Å². The summed E-state index contributed by atoms with van der Waals surface area (Å²) < 4.78 is 0. The Morgan fingerprint density at radius 1 is 0.923 bits per heavy atom. The molecular formula is C22H19NO3. The summed E-state index contributed by atoms with van der Waals surface area (Å²) in [7, 11) is 0. The van der Waals surface area contributed by atoms with Crippen LogP contribution in [0.3, 0.4) is 0 Å². The van der Waals surface area contributed by atoms with Gasteiger partial charge in [0, 0.05) is 6.08 Å².